The number of carboxylic acid groups (broad SMARTS) is 1. The third-order valence-corrected chi connectivity index (χ3v) is 2.48. The third kappa shape index (κ3) is 3.64. The molecule has 7 heteroatoms. The number of carboxylic acids is 1. The summed E-state index contributed by atoms with van der Waals surface area (Å²) in [5, 5.41) is 15.0. The van der Waals surface area contributed by atoms with Gasteiger partial charge in [0.25, 0.3) is 0 Å². The van der Waals surface area contributed by atoms with Gasteiger partial charge in [0.1, 0.15) is 0 Å². The number of nitrogens with zero attached hydrogens (tertiary/aromatic N) is 2. The number of hydrogen-bond donors (Lipinski definition) is 2. The van der Waals surface area contributed by atoms with Crippen molar-refractivity contribution < 1.29 is 19.2 Å². The van der Waals surface area contributed by atoms with Crippen molar-refractivity contribution in [1.29, 1.82) is 0 Å². The standard InChI is InChI=1S/C13H13N3O4/c1-8(17)14-10-4-2-9(3-5-10)13-15-11(20-16-13)6-7-12(18)19/h2-5H,6-7H2,1H3,(H,14,17)(H,18,19). The number of aliphatic carboxylic acids is 1. The summed E-state index contributed by atoms with van der Waals surface area (Å²) in [6, 6.07) is 6.95. The number of amides is 1. The zero-order valence-electron chi connectivity index (χ0n) is 10.8. The number of anilines is 1. The smallest absolute Gasteiger partial charge is 0.303 e. The van der Waals surface area contributed by atoms with Gasteiger partial charge < -0.3 is 14.9 Å². The van der Waals surface area contributed by atoms with E-state index in [9.17, 15) is 9.59 Å². The van der Waals surface area contributed by atoms with Crippen LogP contribution in [0.2, 0.25) is 0 Å². The average molecular weight is 275 g/mol. The summed E-state index contributed by atoms with van der Waals surface area (Å²) in [7, 11) is 0. The summed E-state index contributed by atoms with van der Waals surface area (Å²) in [6.45, 7) is 1.43. The topological polar surface area (TPSA) is 105 Å². The van der Waals surface area contributed by atoms with Crippen LogP contribution in [-0.4, -0.2) is 27.1 Å². The Morgan fingerprint density at radius 2 is 2.00 bits per heavy atom. The van der Waals surface area contributed by atoms with Crippen LogP contribution in [-0.2, 0) is 16.0 Å². The maximum Gasteiger partial charge on any atom is 0.303 e. The van der Waals surface area contributed by atoms with Crippen molar-refractivity contribution in [3.05, 3.63) is 30.2 Å². The molecule has 2 aromatic rings. The Kier molecular flexibility index (Phi) is 4.09. The first kappa shape index (κ1) is 13.7. The molecule has 0 saturated carbocycles. The number of carbonyl (C=O) groups excluding carboxylic acids is 1. The molecule has 7 nitrogen and oxygen atoms in total. The van der Waals surface area contributed by atoms with Crippen LogP contribution in [0.3, 0.4) is 0 Å². The van der Waals surface area contributed by atoms with E-state index in [-0.39, 0.29) is 24.6 Å². The predicted molar refractivity (Wildman–Crippen MR) is 70.0 cm³/mol. The van der Waals surface area contributed by atoms with Crippen molar-refractivity contribution in [3.8, 4) is 11.4 Å². The lowest BCUT2D eigenvalue weighted by atomic mass is 10.2. The average Bonchev–Trinajstić information content (AvgIpc) is 2.85. The molecule has 104 valence electrons. The number of aromatic nitrogens is 2. The first-order valence-corrected chi connectivity index (χ1v) is 5.97. The molecule has 1 aromatic heterocycles. The molecule has 0 aliphatic carbocycles. The molecule has 2 rings (SSSR count). The van der Waals surface area contributed by atoms with Crippen LogP contribution in [0.4, 0.5) is 5.69 Å². The largest absolute Gasteiger partial charge is 0.481 e. The third-order valence-electron chi connectivity index (χ3n) is 2.48. The van der Waals surface area contributed by atoms with E-state index in [1.54, 1.807) is 24.3 Å². The maximum atomic E-state index is 10.9. The van der Waals surface area contributed by atoms with E-state index in [4.69, 9.17) is 9.63 Å². The molecule has 0 fully saturated rings. The maximum absolute atomic E-state index is 10.9. The molecular formula is C13H13N3O4. The van der Waals surface area contributed by atoms with Crippen molar-refractivity contribution in [2.75, 3.05) is 5.32 Å². The Labute approximate surface area is 114 Å². The zero-order valence-corrected chi connectivity index (χ0v) is 10.8. The van der Waals surface area contributed by atoms with Crippen LogP contribution < -0.4 is 5.32 Å². The fourth-order valence-corrected chi connectivity index (χ4v) is 1.59. The monoisotopic (exact) mass is 275 g/mol. The van der Waals surface area contributed by atoms with Gasteiger partial charge in [0.15, 0.2) is 0 Å². The second-order valence-electron chi connectivity index (χ2n) is 4.16. The van der Waals surface area contributed by atoms with Crippen molar-refractivity contribution >= 4 is 17.6 Å². The minimum absolute atomic E-state index is 0.0525. The molecular weight excluding hydrogens is 262 g/mol. The molecule has 1 heterocycles. The van der Waals surface area contributed by atoms with Gasteiger partial charge in [-0.2, -0.15) is 4.98 Å². The van der Waals surface area contributed by atoms with Gasteiger partial charge >= 0.3 is 5.97 Å². The van der Waals surface area contributed by atoms with Gasteiger partial charge in [0.2, 0.25) is 17.6 Å². The molecule has 0 bridgehead atoms. The van der Waals surface area contributed by atoms with Crippen molar-refractivity contribution in [3.63, 3.8) is 0 Å². The van der Waals surface area contributed by atoms with Gasteiger partial charge in [-0.15, -0.1) is 0 Å². The van der Waals surface area contributed by atoms with Crippen molar-refractivity contribution in [2.24, 2.45) is 0 Å². The Hall–Kier alpha value is -2.70. The number of benzene rings is 1. The molecule has 1 aromatic carbocycles. The lowest BCUT2D eigenvalue weighted by Gasteiger charge is -2.01. The Bertz CT molecular complexity index is 619. The van der Waals surface area contributed by atoms with Gasteiger partial charge in [-0.05, 0) is 24.3 Å². The molecule has 0 saturated heterocycles. The minimum Gasteiger partial charge on any atom is -0.481 e. The molecule has 0 spiro atoms. The van der Waals surface area contributed by atoms with Crippen LogP contribution in [0, 0.1) is 0 Å². The molecule has 0 aliphatic rings. The highest BCUT2D eigenvalue weighted by Gasteiger charge is 2.10. The van der Waals surface area contributed by atoms with Crippen LogP contribution in [0.5, 0.6) is 0 Å². The fraction of sp³-hybridized carbons (Fsp3) is 0.231. The van der Waals surface area contributed by atoms with E-state index >= 15 is 0 Å². The van der Waals surface area contributed by atoms with Crippen molar-refractivity contribution in [2.45, 2.75) is 19.8 Å². The van der Waals surface area contributed by atoms with Gasteiger partial charge in [-0.25, -0.2) is 0 Å². The van der Waals surface area contributed by atoms with Crippen LogP contribution >= 0.6 is 0 Å². The highest BCUT2D eigenvalue weighted by molar-refractivity contribution is 5.88. The van der Waals surface area contributed by atoms with E-state index in [1.165, 1.54) is 6.92 Å². The Balaban J connectivity index is 2.07. The summed E-state index contributed by atoms with van der Waals surface area (Å²) in [5.74, 6) is -0.384. The number of carbonyl (C=O) groups is 2. The fourth-order valence-electron chi connectivity index (χ4n) is 1.59. The summed E-state index contributed by atoms with van der Waals surface area (Å²) < 4.78 is 4.97. The zero-order chi connectivity index (χ0) is 14.5. The van der Waals surface area contributed by atoms with Crippen LogP contribution in [0.1, 0.15) is 19.2 Å². The van der Waals surface area contributed by atoms with Crippen LogP contribution in [0.15, 0.2) is 28.8 Å². The molecule has 0 atom stereocenters. The summed E-state index contributed by atoms with van der Waals surface area (Å²) in [4.78, 5) is 25.5. The van der Waals surface area contributed by atoms with Gasteiger partial charge in [-0.3, -0.25) is 9.59 Å². The summed E-state index contributed by atoms with van der Waals surface area (Å²) >= 11 is 0. The highest BCUT2D eigenvalue weighted by atomic mass is 16.5. The lowest BCUT2D eigenvalue weighted by Crippen LogP contribution is -2.05. The second kappa shape index (κ2) is 5.96. The predicted octanol–water partition coefficient (Wildman–Crippen LogP) is 1.71. The summed E-state index contributed by atoms with van der Waals surface area (Å²) in [5.41, 5.74) is 1.40. The quantitative estimate of drug-likeness (QED) is 0.860. The number of rotatable bonds is 5. The number of aryl methyl sites for hydroxylation is 1. The Morgan fingerprint density at radius 3 is 2.60 bits per heavy atom. The minimum atomic E-state index is -0.913. The Morgan fingerprint density at radius 1 is 1.30 bits per heavy atom. The normalized spacial score (nSPS) is 10.2. The molecule has 20 heavy (non-hydrogen) atoms. The SMILES string of the molecule is CC(=O)Nc1ccc(-c2noc(CCC(=O)O)n2)cc1. The highest BCUT2D eigenvalue weighted by Crippen LogP contribution is 2.19. The molecule has 0 unspecified atom stereocenters. The molecule has 2 N–H and O–H groups in total. The van der Waals surface area contributed by atoms with Crippen molar-refractivity contribution in [1.82, 2.24) is 10.1 Å². The first-order chi connectivity index (χ1) is 9.54. The lowest BCUT2D eigenvalue weighted by molar-refractivity contribution is -0.137. The number of nitrogens with one attached hydrogen (secondary N) is 1. The van der Waals surface area contributed by atoms with E-state index in [2.05, 4.69) is 15.5 Å². The van der Waals surface area contributed by atoms with Gasteiger partial charge in [0, 0.05) is 24.6 Å². The number of hydrogen-bond acceptors (Lipinski definition) is 5. The van der Waals surface area contributed by atoms with E-state index < -0.39 is 5.97 Å². The summed E-state index contributed by atoms with van der Waals surface area (Å²) in [6.07, 6.45) is 0.148. The van der Waals surface area contributed by atoms with Gasteiger partial charge in [-0.1, -0.05) is 5.16 Å². The molecule has 1 amide bonds. The first-order valence-electron chi connectivity index (χ1n) is 5.97. The molecule has 0 radical (unpaired) electrons. The van der Waals surface area contributed by atoms with E-state index in [0.717, 1.165) is 5.56 Å². The molecule has 0 aliphatic heterocycles. The van der Waals surface area contributed by atoms with E-state index in [0.29, 0.717) is 11.5 Å². The van der Waals surface area contributed by atoms with E-state index in [1.807, 2.05) is 0 Å². The van der Waals surface area contributed by atoms with Gasteiger partial charge in [0.05, 0.1) is 6.42 Å². The second-order valence-corrected chi connectivity index (χ2v) is 4.16. The van der Waals surface area contributed by atoms with Crippen LogP contribution in [0.25, 0.3) is 11.4 Å².